The van der Waals surface area contributed by atoms with E-state index in [-0.39, 0.29) is 0 Å². The zero-order chi connectivity index (χ0) is 11.4. The zero-order valence-electron chi connectivity index (χ0n) is 7.60. The largest absolute Gasteiger partial charge is 0.462 e. The van der Waals surface area contributed by atoms with E-state index in [0.717, 1.165) is 6.08 Å². The highest BCUT2D eigenvalue weighted by Crippen LogP contribution is 2.32. The Hall–Kier alpha value is -1.04. The van der Waals surface area contributed by atoms with Gasteiger partial charge in [-0.05, 0) is 6.92 Å². The van der Waals surface area contributed by atoms with Gasteiger partial charge in [-0.15, -0.1) is 0 Å². The molecular weight excluding hydrogens is 201 g/mol. The van der Waals surface area contributed by atoms with Gasteiger partial charge in [-0.1, -0.05) is 6.58 Å². The Morgan fingerprint density at radius 1 is 1.57 bits per heavy atom. The Balaban J connectivity index is 4.01. The second kappa shape index (κ2) is 4.45. The van der Waals surface area contributed by atoms with Crippen molar-refractivity contribution in [3.63, 3.8) is 0 Å². The Labute approximate surface area is 79.2 Å². The van der Waals surface area contributed by atoms with Crippen LogP contribution in [0.15, 0.2) is 12.7 Å². The van der Waals surface area contributed by atoms with Gasteiger partial charge in [0.25, 0.3) is 0 Å². The van der Waals surface area contributed by atoms with Crippen molar-refractivity contribution < 1.29 is 27.8 Å². The van der Waals surface area contributed by atoms with Crippen molar-refractivity contribution >= 4 is 5.97 Å². The average Bonchev–Trinajstić information content (AvgIpc) is 2.01. The van der Waals surface area contributed by atoms with E-state index in [1.807, 2.05) is 0 Å². The third kappa shape index (κ3) is 3.78. The third-order valence-corrected chi connectivity index (χ3v) is 1.61. The maximum atomic E-state index is 12.0. The van der Waals surface area contributed by atoms with Gasteiger partial charge in [0.2, 0.25) is 0 Å². The second-order valence-corrected chi connectivity index (χ2v) is 2.89. The molecule has 0 aromatic heterocycles. The van der Waals surface area contributed by atoms with Crippen molar-refractivity contribution in [3.05, 3.63) is 12.7 Å². The van der Waals surface area contributed by atoms with Crippen molar-refractivity contribution in [2.24, 2.45) is 0 Å². The number of rotatable bonds is 4. The van der Waals surface area contributed by atoms with Gasteiger partial charge in [0.05, 0.1) is 6.61 Å². The SMILES string of the molecule is C=CC(=O)OCCC(C)(O)C(F)(F)F. The quantitative estimate of drug-likeness (QED) is 0.566. The maximum absolute atomic E-state index is 12.0. The van der Waals surface area contributed by atoms with Crippen LogP contribution in [0.4, 0.5) is 13.2 Å². The first-order valence-electron chi connectivity index (χ1n) is 3.79. The monoisotopic (exact) mass is 212 g/mol. The molecule has 14 heavy (non-hydrogen) atoms. The molecule has 0 aromatic rings. The molecule has 0 heterocycles. The predicted molar refractivity (Wildman–Crippen MR) is 42.5 cm³/mol. The van der Waals surface area contributed by atoms with Crippen LogP contribution in [0, 0.1) is 0 Å². The maximum Gasteiger partial charge on any atom is 0.417 e. The fourth-order valence-electron chi connectivity index (χ4n) is 0.551. The van der Waals surface area contributed by atoms with Gasteiger partial charge in [-0.25, -0.2) is 4.79 Å². The van der Waals surface area contributed by atoms with Crippen molar-refractivity contribution in [1.29, 1.82) is 0 Å². The smallest absolute Gasteiger partial charge is 0.417 e. The van der Waals surface area contributed by atoms with E-state index >= 15 is 0 Å². The Morgan fingerprint density at radius 3 is 2.43 bits per heavy atom. The van der Waals surface area contributed by atoms with Crippen molar-refractivity contribution in [1.82, 2.24) is 0 Å². The summed E-state index contributed by atoms with van der Waals surface area (Å²) in [5.41, 5.74) is -2.84. The highest BCUT2D eigenvalue weighted by Gasteiger charge is 2.49. The molecule has 0 aliphatic heterocycles. The molecule has 0 saturated heterocycles. The molecule has 0 aromatic carbocycles. The van der Waals surface area contributed by atoms with E-state index in [9.17, 15) is 18.0 Å². The summed E-state index contributed by atoms with van der Waals surface area (Å²) in [6.45, 7) is 3.18. The summed E-state index contributed by atoms with van der Waals surface area (Å²) in [5, 5.41) is 8.89. The molecular formula is C8H11F3O3. The van der Waals surface area contributed by atoms with Gasteiger partial charge < -0.3 is 9.84 Å². The molecule has 0 spiro atoms. The van der Waals surface area contributed by atoms with Crippen LogP contribution in [0.25, 0.3) is 0 Å². The topological polar surface area (TPSA) is 46.5 Å². The second-order valence-electron chi connectivity index (χ2n) is 2.89. The van der Waals surface area contributed by atoms with E-state index < -0.39 is 30.8 Å². The normalized spacial score (nSPS) is 15.8. The van der Waals surface area contributed by atoms with Gasteiger partial charge in [0.15, 0.2) is 5.60 Å². The molecule has 1 atom stereocenters. The third-order valence-electron chi connectivity index (χ3n) is 1.61. The van der Waals surface area contributed by atoms with Gasteiger partial charge in [-0.2, -0.15) is 13.2 Å². The van der Waals surface area contributed by atoms with Crippen LogP contribution >= 0.6 is 0 Å². The summed E-state index contributed by atoms with van der Waals surface area (Å²) in [5.74, 6) is -0.817. The van der Waals surface area contributed by atoms with Crippen molar-refractivity contribution in [2.75, 3.05) is 6.61 Å². The number of alkyl halides is 3. The molecule has 3 nitrogen and oxygen atoms in total. The van der Waals surface area contributed by atoms with Crippen LogP contribution in [-0.4, -0.2) is 29.5 Å². The highest BCUT2D eigenvalue weighted by molar-refractivity contribution is 5.81. The molecule has 0 amide bonds. The molecule has 0 fully saturated rings. The van der Waals surface area contributed by atoms with Crippen LogP contribution < -0.4 is 0 Å². The number of carbonyl (C=O) groups is 1. The van der Waals surface area contributed by atoms with Crippen molar-refractivity contribution in [3.8, 4) is 0 Å². The zero-order valence-corrected chi connectivity index (χ0v) is 7.60. The van der Waals surface area contributed by atoms with Crippen LogP contribution in [0.5, 0.6) is 0 Å². The first kappa shape index (κ1) is 13.0. The number of ether oxygens (including phenoxy) is 1. The summed E-state index contributed by atoms with van der Waals surface area (Å²) < 4.78 is 40.4. The van der Waals surface area contributed by atoms with Crippen LogP contribution in [-0.2, 0) is 9.53 Å². The van der Waals surface area contributed by atoms with Crippen molar-refractivity contribution in [2.45, 2.75) is 25.1 Å². The minimum atomic E-state index is -4.73. The number of hydrogen-bond donors (Lipinski definition) is 1. The molecule has 82 valence electrons. The van der Waals surface area contributed by atoms with Crippen LogP contribution in [0.2, 0.25) is 0 Å². The summed E-state index contributed by atoms with van der Waals surface area (Å²) in [6.07, 6.45) is -4.59. The first-order valence-corrected chi connectivity index (χ1v) is 3.79. The summed E-state index contributed by atoms with van der Waals surface area (Å²) in [6, 6.07) is 0. The van der Waals surface area contributed by atoms with E-state index in [2.05, 4.69) is 11.3 Å². The lowest BCUT2D eigenvalue weighted by Gasteiger charge is -2.25. The summed E-state index contributed by atoms with van der Waals surface area (Å²) >= 11 is 0. The number of hydrogen-bond acceptors (Lipinski definition) is 3. The van der Waals surface area contributed by atoms with Crippen LogP contribution in [0.1, 0.15) is 13.3 Å². The minimum Gasteiger partial charge on any atom is -0.462 e. The molecule has 1 N–H and O–H groups in total. The lowest BCUT2D eigenvalue weighted by Crippen LogP contribution is -2.43. The summed E-state index contributed by atoms with van der Waals surface area (Å²) in [4.78, 5) is 10.4. The van der Waals surface area contributed by atoms with Gasteiger partial charge in [0.1, 0.15) is 0 Å². The number of esters is 1. The van der Waals surface area contributed by atoms with E-state index in [0.29, 0.717) is 6.92 Å². The van der Waals surface area contributed by atoms with Crippen LogP contribution in [0.3, 0.4) is 0 Å². The molecule has 1 unspecified atom stereocenters. The molecule has 0 radical (unpaired) electrons. The summed E-state index contributed by atoms with van der Waals surface area (Å²) in [7, 11) is 0. The standard InChI is InChI=1S/C8H11F3O3/c1-3-6(12)14-5-4-7(2,13)8(9,10)11/h3,13H,1,4-5H2,2H3. The fraction of sp³-hybridized carbons (Fsp3) is 0.625. The van der Waals surface area contributed by atoms with E-state index in [4.69, 9.17) is 5.11 Å². The van der Waals surface area contributed by atoms with E-state index in [1.54, 1.807) is 0 Å². The minimum absolute atomic E-state index is 0.503. The first-order chi connectivity index (χ1) is 6.20. The molecule has 0 aliphatic carbocycles. The number of halogens is 3. The number of carbonyl (C=O) groups excluding carboxylic acids is 1. The van der Waals surface area contributed by atoms with Gasteiger partial charge in [-0.3, -0.25) is 0 Å². The predicted octanol–water partition coefficient (Wildman–Crippen LogP) is 1.42. The number of aliphatic hydroxyl groups is 1. The molecule has 0 aliphatic rings. The molecule has 0 bridgehead atoms. The molecule has 6 heteroatoms. The molecule has 0 rings (SSSR count). The Kier molecular flexibility index (Phi) is 4.12. The fourth-order valence-corrected chi connectivity index (χ4v) is 0.551. The molecule has 0 saturated carbocycles. The lowest BCUT2D eigenvalue weighted by molar-refractivity contribution is -0.257. The average molecular weight is 212 g/mol. The Morgan fingerprint density at radius 2 is 2.07 bits per heavy atom. The van der Waals surface area contributed by atoms with Gasteiger partial charge in [0, 0.05) is 12.5 Å². The lowest BCUT2D eigenvalue weighted by atomic mass is 10.0. The van der Waals surface area contributed by atoms with E-state index in [1.165, 1.54) is 0 Å². The highest BCUT2D eigenvalue weighted by atomic mass is 19.4. The van der Waals surface area contributed by atoms with Gasteiger partial charge >= 0.3 is 12.1 Å². The Bertz CT molecular complexity index is 220.